The van der Waals surface area contributed by atoms with Crippen LogP contribution in [0.4, 0.5) is 5.69 Å². The monoisotopic (exact) mass is 261 g/mol. The second-order valence-corrected chi connectivity index (χ2v) is 6.76. The Morgan fingerprint density at radius 1 is 1.05 bits per heavy atom. The third-order valence-electron chi connectivity index (χ3n) is 4.42. The molecule has 2 nitrogen and oxygen atoms in total. The van der Waals surface area contributed by atoms with Gasteiger partial charge in [0.15, 0.2) is 0 Å². The number of nitrogens with one attached hydrogen (secondary N) is 1. The summed E-state index contributed by atoms with van der Waals surface area (Å²) in [5.41, 5.74) is 1.58. The van der Waals surface area contributed by atoms with E-state index in [9.17, 15) is 0 Å². The van der Waals surface area contributed by atoms with E-state index < -0.39 is 0 Å². The van der Waals surface area contributed by atoms with E-state index in [1.165, 1.54) is 25.7 Å². The SMILES string of the molecule is COc1ccccc1NC1CCC(C(C)(C)C)CC1. The van der Waals surface area contributed by atoms with Crippen molar-refractivity contribution < 1.29 is 4.74 Å². The molecule has 0 atom stereocenters. The summed E-state index contributed by atoms with van der Waals surface area (Å²) in [6, 6.07) is 8.79. The number of anilines is 1. The Morgan fingerprint density at radius 3 is 2.26 bits per heavy atom. The fourth-order valence-corrected chi connectivity index (χ4v) is 3.09. The van der Waals surface area contributed by atoms with Gasteiger partial charge in [0.25, 0.3) is 0 Å². The summed E-state index contributed by atoms with van der Waals surface area (Å²) < 4.78 is 5.40. The van der Waals surface area contributed by atoms with Crippen LogP contribution < -0.4 is 10.1 Å². The molecule has 0 heterocycles. The molecule has 0 aliphatic heterocycles. The van der Waals surface area contributed by atoms with Crippen LogP contribution in [0, 0.1) is 11.3 Å². The van der Waals surface area contributed by atoms with Crippen molar-refractivity contribution >= 4 is 5.69 Å². The number of benzene rings is 1. The van der Waals surface area contributed by atoms with Gasteiger partial charge in [0.05, 0.1) is 12.8 Å². The molecule has 0 radical (unpaired) electrons. The molecule has 1 aromatic rings. The highest BCUT2D eigenvalue weighted by Crippen LogP contribution is 2.39. The second-order valence-electron chi connectivity index (χ2n) is 6.76. The zero-order valence-corrected chi connectivity index (χ0v) is 12.7. The molecule has 0 spiro atoms. The van der Waals surface area contributed by atoms with Crippen LogP contribution in [0.5, 0.6) is 5.75 Å². The fraction of sp³-hybridized carbons (Fsp3) is 0.647. The Hall–Kier alpha value is -1.18. The van der Waals surface area contributed by atoms with Crippen LogP contribution in [0.3, 0.4) is 0 Å². The summed E-state index contributed by atoms with van der Waals surface area (Å²) in [4.78, 5) is 0. The number of methoxy groups -OCH3 is 1. The van der Waals surface area contributed by atoms with Crippen LogP contribution in [0.1, 0.15) is 46.5 Å². The van der Waals surface area contributed by atoms with Crippen molar-refractivity contribution in [3.8, 4) is 5.75 Å². The maximum absolute atomic E-state index is 5.40. The van der Waals surface area contributed by atoms with E-state index in [1.807, 2.05) is 12.1 Å². The molecule has 1 fully saturated rings. The molecule has 1 N–H and O–H groups in total. The lowest BCUT2D eigenvalue weighted by atomic mass is 9.71. The average Bonchev–Trinajstić information content (AvgIpc) is 2.39. The molecule has 1 aliphatic rings. The molecule has 0 unspecified atom stereocenters. The van der Waals surface area contributed by atoms with Crippen LogP contribution in [0.15, 0.2) is 24.3 Å². The van der Waals surface area contributed by atoms with E-state index in [0.29, 0.717) is 11.5 Å². The predicted molar refractivity (Wildman–Crippen MR) is 81.8 cm³/mol. The molecular formula is C17H27NO. The lowest BCUT2D eigenvalue weighted by molar-refractivity contribution is 0.173. The highest BCUT2D eigenvalue weighted by molar-refractivity contribution is 5.56. The first-order valence-corrected chi connectivity index (χ1v) is 7.40. The lowest BCUT2D eigenvalue weighted by Crippen LogP contribution is -2.31. The van der Waals surface area contributed by atoms with Gasteiger partial charge in [-0.15, -0.1) is 0 Å². The maximum Gasteiger partial charge on any atom is 0.141 e. The molecule has 0 amide bonds. The third-order valence-corrected chi connectivity index (χ3v) is 4.42. The van der Waals surface area contributed by atoms with Crippen molar-refractivity contribution in [2.75, 3.05) is 12.4 Å². The fourth-order valence-electron chi connectivity index (χ4n) is 3.09. The Labute approximate surface area is 117 Å². The van der Waals surface area contributed by atoms with E-state index in [4.69, 9.17) is 4.74 Å². The first-order valence-electron chi connectivity index (χ1n) is 7.40. The summed E-state index contributed by atoms with van der Waals surface area (Å²) in [6.07, 6.45) is 5.19. The summed E-state index contributed by atoms with van der Waals surface area (Å²) in [6.45, 7) is 7.10. The summed E-state index contributed by atoms with van der Waals surface area (Å²) in [7, 11) is 1.73. The van der Waals surface area contributed by atoms with Gasteiger partial charge < -0.3 is 10.1 Å². The molecule has 0 aromatic heterocycles. The zero-order valence-electron chi connectivity index (χ0n) is 12.7. The third kappa shape index (κ3) is 3.65. The predicted octanol–water partition coefficient (Wildman–Crippen LogP) is 4.71. The molecule has 2 heteroatoms. The van der Waals surface area contributed by atoms with E-state index in [1.54, 1.807) is 7.11 Å². The number of hydrogen-bond acceptors (Lipinski definition) is 2. The molecular weight excluding hydrogens is 234 g/mol. The van der Waals surface area contributed by atoms with Crippen LogP contribution in [-0.4, -0.2) is 13.2 Å². The highest BCUT2D eigenvalue weighted by Gasteiger charge is 2.29. The molecule has 0 saturated heterocycles. The Kier molecular flexibility index (Phi) is 4.38. The van der Waals surface area contributed by atoms with Gasteiger partial charge in [0.1, 0.15) is 5.75 Å². The van der Waals surface area contributed by atoms with Crippen molar-refractivity contribution in [3.05, 3.63) is 24.3 Å². The smallest absolute Gasteiger partial charge is 0.141 e. The first-order chi connectivity index (χ1) is 9.00. The summed E-state index contributed by atoms with van der Waals surface area (Å²) in [5.74, 6) is 1.81. The van der Waals surface area contributed by atoms with Crippen molar-refractivity contribution in [2.45, 2.75) is 52.5 Å². The van der Waals surface area contributed by atoms with Gasteiger partial charge in [0.2, 0.25) is 0 Å². The second kappa shape index (κ2) is 5.85. The van der Waals surface area contributed by atoms with E-state index in [2.05, 4.69) is 38.2 Å². The average molecular weight is 261 g/mol. The van der Waals surface area contributed by atoms with E-state index in [0.717, 1.165) is 17.4 Å². The quantitative estimate of drug-likeness (QED) is 0.850. The number of hydrogen-bond donors (Lipinski definition) is 1. The Balaban J connectivity index is 1.92. The van der Waals surface area contributed by atoms with Gasteiger partial charge >= 0.3 is 0 Å². The summed E-state index contributed by atoms with van der Waals surface area (Å²) in [5, 5.41) is 3.65. The van der Waals surface area contributed by atoms with Gasteiger partial charge in [-0.2, -0.15) is 0 Å². The lowest BCUT2D eigenvalue weighted by Gasteiger charge is -2.37. The van der Waals surface area contributed by atoms with Crippen LogP contribution >= 0.6 is 0 Å². The Bertz CT molecular complexity index is 400. The van der Waals surface area contributed by atoms with Crippen molar-refractivity contribution in [1.82, 2.24) is 0 Å². The number of para-hydroxylation sites is 2. The van der Waals surface area contributed by atoms with E-state index in [-0.39, 0.29) is 0 Å². The normalized spacial score (nSPS) is 24.0. The van der Waals surface area contributed by atoms with Gasteiger partial charge in [-0.25, -0.2) is 0 Å². The van der Waals surface area contributed by atoms with Crippen LogP contribution in [-0.2, 0) is 0 Å². The van der Waals surface area contributed by atoms with Gasteiger partial charge in [0, 0.05) is 6.04 Å². The largest absolute Gasteiger partial charge is 0.495 e. The van der Waals surface area contributed by atoms with Crippen molar-refractivity contribution in [2.24, 2.45) is 11.3 Å². The molecule has 1 aliphatic carbocycles. The van der Waals surface area contributed by atoms with Crippen LogP contribution in [0.2, 0.25) is 0 Å². The molecule has 106 valence electrons. The zero-order chi connectivity index (χ0) is 13.9. The minimum Gasteiger partial charge on any atom is -0.495 e. The maximum atomic E-state index is 5.40. The minimum absolute atomic E-state index is 0.454. The van der Waals surface area contributed by atoms with Crippen molar-refractivity contribution in [3.63, 3.8) is 0 Å². The molecule has 2 rings (SSSR count). The minimum atomic E-state index is 0.454. The molecule has 19 heavy (non-hydrogen) atoms. The highest BCUT2D eigenvalue weighted by atomic mass is 16.5. The van der Waals surface area contributed by atoms with Gasteiger partial charge in [-0.05, 0) is 49.1 Å². The molecule has 1 aromatic carbocycles. The summed E-state index contributed by atoms with van der Waals surface area (Å²) >= 11 is 0. The van der Waals surface area contributed by atoms with Crippen molar-refractivity contribution in [1.29, 1.82) is 0 Å². The van der Waals surface area contributed by atoms with Gasteiger partial charge in [-0.1, -0.05) is 32.9 Å². The van der Waals surface area contributed by atoms with E-state index >= 15 is 0 Å². The van der Waals surface area contributed by atoms with Gasteiger partial charge in [-0.3, -0.25) is 0 Å². The molecule has 0 bridgehead atoms. The number of rotatable bonds is 3. The van der Waals surface area contributed by atoms with Crippen LogP contribution in [0.25, 0.3) is 0 Å². The first kappa shape index (κ1) is 14.2. The standard InChI is InChI=1S/C17H27NO/c1-17(2,3)13-9-11-14(12-10-13)18-15-7-5-6-8-16(15)19-4/h5-8,13-14,18H,9-12H2,1-4H3. The molecule has 1 saturated carbocycles. The topological polar surface area (TPSA) is 21.3 Å². The number of ether oxygens (including phenoxy) is 1. The Morgan fingerprint density at radius 2 is 1.68 bits per heavy atom.